The molecule has 1 aliphatic carbocycles. The van der Waals surface area contributed by atoms with E-state index in [4.69, 9.17) is 10.5 Å². The highest BCUT2D eigenvalue weighted by atomic mass is 19.3. The van der Waals surface area contributed by atoms with E-state index in [9.17, 15) is 13.2 Å². The van der Waals surface area contributed by atoms with Gasteiger partial charge in [0.15, 0.2) is 5.54 Å². The Morgan fingerprint density at radius 1 is 1.21 bits per heavy atom. The Labute approximate surface area is 160 Å². The molecule has 0 bridgehead atoms. The minimum absolute atomic E-state index is 0.183. The highest BCUT2D eigenvalue weighted by molar-refractivity contribution is 5.75. The number of aromatic nitrogens is 1. The number of benzene rings is 1. The number of hydrogen-bond acceptors (Lipinski definition) is 4. The van der Waals surface area contributed by atoms with Crippen molar-refractivity contribution in [2.45, 2.75) is 31.9 Å². The molecule has 4 atom stereocenters. The molecule has 1 aromatic carbocycles. The zero-order valence-electron chi connectivity index (χ0n) is 15.3. The van der Waals surface area contributed by atoms with E-state index < -0.39 is 29.8 Å². The van der Waals surface area contributed by atoms with Crippen molar-refractivity contribution in [2.75, 3.05) is 0 Å². The quantitative estimate of drug-likeness (QED) is 0.820. The van der Waals surface area contributed by atoms with Gasteiger partial charge in [0.25, 0.3) is 12.4 Å². The van der Waals surface area contributed by atoms with Gasteiger partial charge >= 0.3 is 0 Å². The van der Waals surface area contributed by atoms with Crippen LogP contribution in [0.5, 0.6) is 0 Å². The highest BCUT2D eigenvalue weighted by Gasteiger charge is 2.68. The van der Waals surface area contributed by atoms with Crippen LogP contribution in [0.15, 0.2) is 41.7 Å². The standard InChI is InChI=1S/C21H18F3N3O/c1-3-4-12-7-14(10-26-9-12)13-5-6-16(22)15(8-13)21(19(23)24)17-11(2)18(17)28-20(25)27-21/h5-11,17-19H,1-2H3,(H2,25,27)/t11-,17?,18-,21-/m0/s1. The molecule has 1 aliphatic heterocycles. The van der Waals surface area contributed by atoms with Crippen LogP contribution in [-0.2, 0) is 10.3 Å². The summed E-state index contributed by atoms with van der Waals surface area (Å²) in [5.41, 5.74) is 5.29. The topological polar surface area (TPSA) is 60.5 Å². The molecule has 2 aliphatic rings. The predicted octanol–water partition coefficient (Wildman–Crippen LogP) is 3.70. The summed E-state index contributed by atoms with van der Waals surface area (Å²) in [6.07, 6.45) is -0.241. The van der Waals surface area contributed by atoms with Crippen LogP contribution in [-0.4, -0.2) is 23.5 Å². The number of nitrogens with two attached hydrogens (primary N) is 1. The summed E-state index contributed by atoms with van der Waals surface area (Å²) >= 11 is 0. The molecule has 4 rings (SSSR count). The second kappa shape index (κ2) is 6.55. The number of halogens is 3. The van der Waals surface area contributed by atoms with Crippen molar-refractivity contribution in [3.05, 3.63) is 53.6 Å². The average molecular weight is 385 g/mol. The van der Waals surface area contributed by atoms with Gasteiger partial charge in [0.1, 0.15) is 11.9 Å². The maximum absolute atomic E-state index is 14.8. The van der Waals surface area contributed by atoms with E-state index in [0.717, 1.165) is 0 Å². The number of pyridine rings is 1. The number of ether oxygens (including phenoxy) is 1. The van der Waals surface area contributed by atoms with E-state index in [1.54, 1.807) is 32.3 Å². The smallest absolute Gasteiger partial charge is 0.283 e. The van der Waals surface area contributed by atoms with Gasteiger partial charge in [-0.2, -0.15) is 0 Å². The second-order valence-corrected chi connectivity index (χ2v) is 7.08. The van der Waals surface area contributed by atoms with Crippen LogP contribution in [0.4, 0.5) is 13.2 Å². The maximum atomic E-state index is 14.8. The van der Waals surface area contributed by atoms with Gasteiger partial charge in [-0.25, -0.2) is 18.2 Å². The van der Waals surface area contributed by atoms with E-state index in [2.05, 4.69) is 21.8 Å². The third kappa shape index (κ3) is 2.71. The number of fused-ring (bicyclic) bond motifs is 1. The number of alkyl halides is 2. The Morgan fingerprint density at radius 3 is 2.71 bits per heavy atom. The van der Waals surface area contributed by atoms with E-state index in [-0.39, 0.29) is 17.5 Å². The number of hydrogen-bond donors (Lipinski definition) is 1. The van der Waals surface area contributed by atoms with Crippen molar-refractivity contribution in [3.63, 3.8) is 0 Å². The molecule has 0 radical (unpaired) electrons. The zero-order valence-corrected chi connectivity index (χ0v) is 15.3. The summed E-state index contributed by atoms with van der Waals surface area (Å²) in [6.45, 7) is 3.48. The minimum Gasteiger partial charge on any atom is -0.461 e. The van der Waals surface area contributed by atoms with Gasteiger partial charge in [0, 0.05) is 40.9 Å². The first kappa shape index (κ1) is 18.4. The number of amidine groups is 1. The fraction of sp³-hybridized carbons (Fsp3) is 0.333. The molecule has 2 heterocycles. The molecule has 1 fully saturated rings. The molecule has 2 N–H and O–H groups in total. The van der Waals surface area contributed by atoms with Gasteiger partial charge in [0.2, 0.25) is 0 Å². The molecule has 0 spiro atoms. The van der Waals surface area contributed by atoms with Gasteiger partial charge in [-0.05, 0) is 30.7 Å². The molecule has 0 amide bonds. The van der Waals surface area contributed by atoms with Crippen LogP contribution in [0.25, 0.3) is 11.1 Å². The Hall–Kier alpha value is -3.01. The summed E-state index contributed by atoms with van der Waals surface area (Å²) in [7, 11) is 0. The summed E-state index contributed by atoms with van der Waals surface area (Å²) in [6, 6.07) is 5.55. The van der Waals surface area contributed by atoms with Crippen molar-refractivity contribution in [3.8, 4) is 23.0 Å². The molecule has 1 saturated carbocycles. The lowest BCUT2D eigenvalue weighted by Crippen LogP contribution is -2.43. The summed E-state index contributed by atoms with van der Waals surface area (Å²) < 4.78 is 48.8. The van der Waals surface area contributed by atoms with Crippen molar-refractivity contribution < 1.29 is 17.9 Å². The molecule has 1 unspecified atom stereocenters. The maximum Gasteiger partial charge on any atom is 0.283 e. The molecule has 7 heteroatoms. The van der Waals surface area contributed by atoms with Crippen molar-refractivity contribution in [1.82, 2.24) is 4.98 Å². The van der Waals surface area contributed by atoms with Gasteiger partial charge < -0.3 is 10.5 Å². The largest absolute Gasteiger partial charge is 0.461 e. The molecule has 144 valence electrons. The van der Waals surface area contributed by atoms with Crippen LogP contribution < -0.4 is 5.73 Å². The van der Waals surface area contributed by atoms with Gasteiger partial charge in [0.05, 0.1) is 0 Å². The summed E-state index contributed by atoms with van der Waals surface area (Å²) in [5, 5.41) is 0. The van der Waals surface area contributed by atoms with E-state index in [1.807, 2.05) is 0 Å². The fourth-order valence-corrected chi connectivity index (χ4v) is 4.05. The van der Waals surface area contributed by atoms with Crippen LogP contribution in [0.2, 0.25) is 0 Å². The van der Waals surface area contributed by atoms with Gasteiger partial charge in [-0.1, -0.05) is 18.9 Å². The van der Waals surface area contributed by atoms with Crippen LogP contribution in [0, 0.1) is 29.5 Å². The predicted molar refractivity (Wildman–Crippen MR) is 99.0 cm³/mol. The van der Waals surface area contributed by atoms with E-state index >= 15 is 0 Å². The molecule has 1 aromatic heterocycles. The van der Waals surface area contributed by atoms with Crippen molar-refractivity contribution >= 4 is 6.02 Å². The third-order valence-corrected chi connectivity index (χ3v) is 5.43. The number of rotatable bonds is 3. The first-order valence-corrected chi connectivity index (χ1v) is 8.86. The lowest BCUT2D eigenvalue weighted by atomic mass is 9.82. The molecule has 2 aromatic rings. The molecule has 4 nitrogen and oxygen atoms in total. The lowest BCUT2D eigenvalue weighted by Gasteiger charge is -2.33. The van der Waals surface area contributed by atoms with Gasteiger partial charge in [-0.3, -0.25) is 4.98 Å². The minimum atomic E-state index is -2.94. The first-order chi connectivity index (χ1) is 13.4. The van der Waals surface area contributed by atoms with E-state index in [0.29, 0.717) is 16.7 Å². The van der Waals surface area contributed by atoms with Crippen molar-refractivity contribution in [1.29, 1.82) is 0 Å². The molecule has 28 heavy (non-hydrogen) atoms. The van der Waals surface area contributed by atoms with E-state index in [1.165, 1.54) is 18.2 Å². The Bertz CT molecular complexity index is 1030. The Balaban J connectivity index is 1.88. The average Bonchev–Trinajstić information content (AvgIpc) is 3.31. The second-order valence-electron chi connectivity index (χ2n) is 7.08. The van der Waals surface area contributed by atoms with Crippen LogP contribution >= 0.6 is 0 Å². The number of nitrogens with zero attached hydrogens (tertiary/aromatic N) is 2. The Morgan fingerprint density at radius 2 is 2.00 bits per heavy atom. The third-order valence-electron chi connectivity index (χ3n) is 5.43. The normalized spacial score (nSPS) is 27.9. The lowest BCUT2D eigenvalue weighted by molar-refractivity contribution is 0.0168. The molecular formula is C21H18F3N3O. The van der Waals surface area contributed by atoms with Gasteiger partial charge in [-0.15, -0.1) is 5.92 Å². The summed E-state index contributed by atoms with van der Waals surface area (Å²) in [5.74, 6) is 4.09. The highest BCUT2D eigenvalue weighted by Crippen LogP contribution is 2.59. The van der Waals surface area contributed by atoms with Crippen LogP contribution in [0.1, 0.15) is 25.0 Å². The zero-order chi connectivity index (χ0) is 20.1. The summed E-state index contributed by atoms with van der Waals surface area (Å²) in [4.78, 5) is 8.08. The first-order valence-electron chi connectivity index (χ1n) is 8.86. The Kier molecular flexibility index (Phi) is 4.30. The molecule has 0 saturated heterocycles. The van der Waals surface area contributed by atoms with Crippen molar-refractivity contribution in [2.24, 2.45) is 22.6 Å². The number of aliphatic imine (C=N–C) groups is 1. The monoisotopic (exact) mass is 385 g/mol. The molecular weight excluding hydrogens is 367 g/mol. The van der Waals surface area contributed by atoms with Crippen LogP contribution in [0.3, 0.4) is 0 Å². The fourth-order valence-electron chi connectivity index (χ4n) is 4.05. The SMILES string of the molecule is CC#Cc1cncc(-c2ccc(F)c([C@]3(C(F)F)N=C(N)O[C@@H]4C3[C@@H]4C)c2)c1.